The van der Waals surface area contributed by atoms with Crippen molar-refractivity contribution in [2.75, 3.05) is 0 Å². The van der Waals surface area contributed by atoms with Gasteiger partial charge in [-0.1, -0.05) is 25.9 Å². The first-order chi connectivity index (χ1) is 6.50. The zero-order valence-corrected chi connectivity index (χ0v) is 9.19. The zero-order valence-electron chi connectivity index (χ0n) is 9.19. The van der Waals surface area contributed by atoms with Crippen LogP contribution in [-0.4, -0.2) is 21.4 Å². The van der Waals surface area contributed by atoms with Crippen LogP contribution in [0.1, 0.15) is 45.3 Å². The second kappa shape index (κ2) is 4.55. The maximum absolute atomic E-state index is 9.34. The van der Waals surface area contributed by atoms with E-state index >= 15 is 0 Å². The first-order valence-corrected chi connectivity index (χ1v) is 5.01. The van der Waals surface area contributed by atoms with Crippen LogP contribution in [0.4, 0.5) is 0 Å². The van der Waals surface area contributed by atoms with Gasteiger partial charge < -0.3 is 9.63 Å². The first-order valence-electron chi connectivity index (χ1n) is 5.01. The van der Waals surface area contributed by atoms with Crippen LogP contribution in [-0.2, 0) is 6.42 Å². The molecule has 1 aromatic rings. The molecule has 1 heterocycles. The Labute approximate surface area is 84.3 Å². The molecule has 0 saturated carbocycles. The molecule has 14 heavy (non-hydrogen) atoms. The van der Waals surface area contributed by atoms with Crippen LogP contribution < -0.4 is 0 Å². The van der Waals surface area contributed by atoms with Gasteiger partial charge in [0.1, 0.15) is 0 Å². The monoisotopic (exact) mass is 198 g/mol. The molecule has 4 heteroatoms. The molecule has 0 aliphatic carbocycles. The summed E-state index contributed by atoms with van der Waals surface area (Å²) in [5, 5.41) is 13.2. The van der Waals surface area contributed by atoms with E-state index in [1.165, 1.54) is 0 Å². The van der Waals surface area contributed by atoms with Gasteiger partial charge in [0, 0.05) is 6.42 Å². The minimum atomic E-state index is -0.456. The fourth-order valence-corrected chi connectivity index (χ4v) is 1.11. The van der Waals surface area contributed by atoms with Crippen molar-refractivity contribution in [1.29, 1.82) is 0 Å². The number of nitrogens with zero attached hydrogens (tertiary/aromatic N) is 2. The second-order valence-electron chi connectivity index (χ2n) is 4.18. The largest absolute Gasteiger partial charge is 0.393 e. The summed E-state index contributed by atoms with van der Waals surface area (Å²) in [5.41, 5.74) is 0. The Bertz CT molecular complexity index is 281. The van der Waals surface area contributed by atoms with Crippen molar-refractivity contribution in [2.24, 2.45) is 5.92 Å². The Morgan fingerprint density at radius 1 is 1.29 bits per heavy atom. The molecular formula is C10H18N2O2. The van der Waals surface area contributed by atoms with E-state index in [2.05, 4.69) is 24.0 Å². The quantitative estimate of drug-likeness (QED) is 0.800. The third kappa shape index (κ3) is 2.80. The lowest BCUT2D eigenvalue weighted by Gasteiger charge is -2.08. The summed E-state index contributed by atoms with van der Waals surface area (Å²) in [7, 11) is 0. The molecule has 1 N–H and O–H groups in total. The van der Waals surface area contributed by atoms with Gasteiger partial charge in [0.05, 0.1) is 12.0 Å². The molecular weight excluding hydrogens is 180 g/mol. The van der Waals surface area contributed by atoms with Crippen LogP contribution in [0.15, 0.2) is 4.52 Å². The summed E-state index contributed by atoms with van der Waals surface area (Å²) < 4.78 is 5.07. The number of aliphatic hydroxyl groups is 1. The molecule has 1 aromatic heterocycles. The van der Waals surface area contributed by atoms with E-state index in [0.29, 0.717) is 11.8 Å². The highest BCUT2D eigenvalue weighted by Gasteiger charge is 2.18. The van der Waals surface area contributed by atoms with Crippen molar-refractivity contribution in [1.82, 2.24) is 10.1 Å². The van der Waals surface area contributed by atoms with Crippen molar-refractivity contribution in [3.63, 3.8) is 0 Å². The lowest BCUT2D eigenvalue weighted by molar-refractivity contribution is 0.151. The summed E-state index contributed by atoms with van der Waals surface area (Å²) in [6, 6.07) is 0. The number of aliphatic hydroxyl groups excluding tert-OH is 1. The van der Waals surface area contributed by atoms with Gasteiger partial charge in [-0.05, 0) is 12.8 Å². The van der Waals surface area contributed by atoms with Crippen LogP contribution in [0.5, 0.6) is 0 Å². The van der Waals surface area contributed by atoms with Crippen LogP contribution in [0.25, 0.3) is 0 Å². The van der Waals surface area contributed by atoms with Crippen molar-refractivity contribution >= 4 is 0 Å². The average Bonchev–Trinajstić information content (AvgIpc) is 2.50. The normalized spacial score (nSPS) is 15.9. The fraction of sp³-hybridized carbons (Fsp3) is 0.800. The smallest absolute Gasteiger partial charge is 0.232 e. The van der Waals surface area contributed by atoms with Gasteiger partial charge >= 0.3 is 0 Å². The maximum atomic E-state index is 9.34. The van der Waals surface area contributed by atoms with Crippen molar-refractivity contribution in [2.45, 2.75) is 46.1 Å². The molecule has 0 aliphatic heterocycles. The lowest BCUT2D eigenvalue weighted by Crippen LogP contribution is -2.11. The molecule has 1 rings (SSSR count). The predicted octanol–water partition coefficient (Wildman–Crippen LogP) is 1.75. The highest BCUT2D eigenvalue weighted by molar-refractivity contribution is 4.94. The highest BCUT2D eigenvalue weighted by atomic mass is 16.5. The third-order valence-corrected chi connectivity index (χ3v) is 2.19. The van der Waals surface area contributed by atoms with Crippen LogP contribution in [0, 0.1) is 5.92 Å². The Hall–Kier alpha value is -0.900. The average molecular weight is 198 g/mol. The highest BCUT2D eigenvalue weighted by Crippen LogP contribution is 2.17. The summed E-state index contributed by atoms with van der Waals surface area (Å²) in [4.78, 5) is 4.23. The lowest BCUT2D eigenvalue weighted by atomic mass is 10.1. The molecule has 0 bridgehead atoms. The SMILES string of the molecule is CC(C)Cc1noc(C(C)C(C)O)n1. The van der Waals surface area contributed by atoms with E-state index in [9.17, 15) is 5.11 Å². The molecule has 0 radical (unpaired) electrons. The van der Waals surface area contributed by atoms with E-state index in [1.54, 1.807) is 6.92 Å². The van der Waals surface area contributed by atoms with Gasteiger partial charge in [-0.15, -0.1) is 0 Å². The standard InChI is InChI=1S/C10H18N2O2/c1-6(2)5-9-11-10(14-12-9)7(3)8(4)13/h6-8,13H,5H2,1-4H3. The van der Waals surface area contributed by atoms with Crippen LogP contribution in [0.3, 0.4) is 0 Å². The molecule has 0 amide bonds. The molecule has 0 aliphatic rings. The van der Waals surface area contributed by atoms with E-state index in [4.69, 9.17) is 4.52 Å². The molecule has 80 valence electrons. The molecule has 0 spiro atoms. The van der Waals surface area contributed by atoms with E-state index in [0.717, 1.165) is 12.2 Å². The number of hydrogen-bond donors (Lipinski definition) is 1. The van der Waals surface area contributed by atoms with Gasteiger partial charge in [-0.2, -0.15) is 4.98 Å². The molecule has 0 aromatic carbocycles. The third-order valence-electron chi connectivity index (χ3n) is 2.19. The number of hydrogen-bond acceptors (Lipinski definition) is 4. The van der Waals surface area contributed by atoms with Gasteiger partial charge in [-0.25, -0.2) is 0 Å². The van der Waals surface area contributed by atoms with E-state index in [1.807, 2.05) is 6.92 Å². The predicted molar refractivity (Wildman–Crippen MR) is 52.9 cm³/mol. The van der Waals surface area contributed by atoms with Gasteiger partial charge in [0.15, 0.2) is 5.82 Å². The second-order valence-corrected chi connectivity index (χ2v) is 4.18. The summed E-state index contributed by atoms with van der Waals surface area (Å²) in [6.07, 6.45) is 0.359. The fourth-order valence-electron chi connectivity index (χ4n) is 1.11. The number of rotatable bonds is 4. The number of aromatic nitrogens is 2. The minimum absolute atomic E-state index is 0.0941. The zero-order chi connectivity index (χ0) is 10.7. The van der Waals surface area contributed by atoms with E-state index < -0.39 is 6.10 Å². The molecule has 4 nitrogen and oxygen atoms in total. The summed E-state index contributed by atoms with van der Waals surface area (Å²) in [5.74, 6) is 1.67. The maximum Gasteiger partial charge on any atom is 0.232 e. The Morgan fingerprint density at radius 3 is 2.43 bits per heavy atom. The van der Waals surface area contributed by atoms with E-state index in [-0.39, 0.29) is 5.92 Å². The van der Waals surface area contributed by atoms with Gasteiger partial charge in [0.2, 0.25) is 5.89 Å². The summed E-state index contributed by atoms with van der Waals surface area (Å²) >= 11 is 0. The Balaban J connectivity index is 2.67. The van der Waals surface area contributed by atoms with Crippen LogP contribution >= 0.6 is 0 Å². The molecule has 0 saturated heterocycles. The molecule has 2 atom stereocenters. The minimum Gasteiger partial charge on any atom is -0.393 e. The van der Waals surface area contributed by atoms with Crippen molar-refractivity contribution in [3.05, 3.63) is 11.7 Å². The van der Waals surface area contributed by atoms with Gasteiger partial charge in [0.25, 0.3) is 0 Å². The molecule has 2 unspecified atom stereocenters. The molecule has 0 fully saturated rings. The van der Waals surface area contributed by atoms with Crippen LogP contribution in [0.2, 0.25) is 0 Å². The van der Waals surface area contributed by atoms with Gasteiger partial charge in [-0.3, -0.25) is 0 Å². The topological polar surface area (TPSA) is 59.2 Å². The van der Waals surface area contributed by atoms with Crippen molar-refractivity contribution < 1.29 is 9.63 Å². The Kier molecular flexibility index (Phi) is 3.63. The summed E-state index contributed by atoms with van der Waals surface area (Å²) in [6.45, 7) is 7.80. The van der Waals surface area contributed by atoms with Crippen molar-refractivity contribution in [3.8, 4) is 0 Å². The first kappa shape index (κ1) is 11.2. The Morgan fingerprint density at radius 2 is 1.93 bits per heavy atom.